The van der Waals surface area contributed by atoms with Crippen LogP contribution in [0.5, 0.6) is 5.75 Å². The molecule has 0 radical (unpaired) electrons. The van der Waals surface area contributed by atoms with Crippen molar-refractivity contribution in [2.24, 2.45) is 0 Å². The highest BCUT2D eigenvalue weighted by Crippen LogP contribution is 2.22. The monoisotopic (exact) mass is 397 g/mol. The standard InChI is InChI=1S/C23H31N3O3/c1-5-14-26(16-22(27)24-20-8-6-7-9-21(20)29-4)17-23(28)25(3)15-19-12-10-18(2)11-13-19/h6-13H,5,14-17H2,1-4H3,(H,24,27). The molecule has 0 spiro atoms. The van der Waals surface area contributed by atoms with Gasteiger partial charge in [-0.25, -0.2) is 0 Å². The molecule has 2 amide bonds. The zero-order valence-corrected chi connectivity index (χ0v) is 17.8. The molecule has 0 aromatic heterocycles. The number of nitrogens with one attached hydrogen (secondary N) is 1. The van der Waals surface area contributed by atoms with Crippen molar-refractivity contribution >= 4 is 17.5 Å². The fraction of sp³-hybridized carbons (Fsp3) is 0.391. The van der Waals surface area contributed by atoms with E-state index in [2.05, 4.69) is 5.32 Å². The van der Waals surface area contributed by atoms with Gasteiger partial charge in [0.1, 0.15) is 5.75 Å². The summed E-state index contributed by atoms with van der Waals surface area (Å²) < 4.78 is 5.27. The summed E-state index contributed by atoms with van der Waals surface area (Å²) in [5.74, 6) is 0.429. The minimum absolute atomic E-state index is 0.0101. The molecule has 0 aliphatic carbocycles. The summed E-state index contributed by atoms with van der Waals surface area (Å²) in [5, 5.41) is 2.87. The number of carbonyl (C=O) groups is 2. The van der Waals surface area contributed by atoms with Crippen LogP contribution in [0.25, 0.3) is 0 Å². The Hall–Kier alpha value is -2.86. The number of para-hydroxylation sites is 2. The van der Waals surface area contributed by atoms with E-state index in [1.165, 1.54) is 5.56 Å². The molecule has 2 aromatic rings. The van der Waals surface area contributed by atoms with Gasteiger partial charge in [0.05, 0.1) is 25.9 Å². The summed E-state index contributed by atoms with van der Waals surface area (Å²) >= 11 is 0. The van der Waals surface area contributed by atoms with Gasteiger partial charge in [-0.2, -0.15) is 0 Å². The molecule has 0 saturated carbocycles. The number of carbonyl (C=O) groups excluding carboxylic acids is 2. The Morgan fingerprint density at radius 1 is 1.03 bits per heavy atom. The maximum absolute atomic E-state index is 12.7. The molecule has 0 unspecified atom stereocenters. The van der Waals surface area contributed by atoms with E-state index in [1.807, 2.05) is 55.1 Å². The predicted molar refractivity (Wildman–Crippen MR) is 116 cm³/mol. The first-order valence-corrected chi connectivity index (χ1v) is 9.87. The zero-order valence-electron chi connectivity index (χ0n) is 17.8. The number of likely N-dealkylation sites (N-methyl/N-ethyl adjacent to an activating group) is 1. The number of nitrogens with zero attached hydrogens (tertiary/aromatic N) is 2. The molecule has 1 N–H and O–H groups in total. The fourth-order valence-electron chi connectivity index (χ4n) is 3.04. The van der Waals surface area contributed by atoms with Gasteiger partial charge in [-0.15, -0.1) is 0 Å². The van der Waals surface area contributed by atoms with Gasteiger partial charge in [0.15, 0.2) is 0 Å². The van der Waals surface area contributed by atoms with Gasteiger partial charge in [-0.05, 0) is 37.6 Å². The number of ether oxygens (including phenoxy) is 1. The molecule has 0 bridgehead atoms. The minimum Gasteiger partial charge on any atom is -0.495 e. The Morgan fingerprint density at radius 2 is 1.72 bits per heavy atom. The van der Waals surface area contributed by atoms with Crippen LogP contribution < -0.4 is 10.1 Å². The van der Waals surface area contributed by atoms with E-state index in [0.29, 0.717) is 24.5 Å². The second-order valence-corrected chi connectivity index (χ2v) is 7.19. The van der Waals surface area contributed by atoms with Crippen molar-refractivity contribution < 1.29 is 14.3 Å². The van der Waals surface area contributed by atoms with Crippen LogP contribution in [-0.4, -0.2) is 55.4 Å². The van der Waals surface area contributed by atoms with Gasteiger partial charge in [-0.1, -0.05) is 48.9 Å². The number of hydrogen-bond acceptors (Lipinski definition) is 4. The summed E-state index contributed by atoms with van der Waals surface area (Å²) in [7, 11) is 3.36. The average Bonchev–Trinajstić information content (AvgIpc) is 2.70. The lowest BCUT2D eigenvalue weighted by Crippen LogP contribution is -2.42. The fourth-order valence-corrected chi connectivity index (χ4v) is 3.04. The van der Waals surface area contributed by atoms with Crippen molar-refractivity contribution in [3.8, 4) is 5.75 Å². The number of aryl methyl sites for hydroxylation is 1. The quantitative estimate of drug-likeness (QED) is 0.668. The Balaban J connectivity index is 1.93. The highest BCUT2D eigenvalue weighted by Gasteiger charge is 2.17. The second-order valence-electron chi connectivity index (χ2n) is 7.19. The predicted octanol–water partition coefficient (Wildman–Crippen LogP) is 3.31. The average molecular weight is 398 g/mol. The lowest BCUT2D eigenvalue weighted by molar-refractivity contribution is -0.132. The van der Waals surface area contributed by atoms with E-state index >= 15 is 0 Å². The lowest BCUT2D eigenvalue weighted by atomic mass is 10.1. The Labute approximate surface area is 173 Å². The van der Waals surface area contributed by atoms with Crippen molar-refractivity contribution in [2.45, 2.75) is 26.8 Å². The molecule has 2 aromatic carbocycles. The van der Waals surface area contributed by atoms with Crippen LogP contribution in [0.4, 0.5) is 5.69 Å². The summed E-state index contributed by atoms with van der Waals surface area (Å²) in [6, 6.07) is 15.4. The highest BCUT2D eigenvalue weighted by atomic mass is 16.5. The Bertz CT molecular complexity index is 805. The minimum atomic E-state index is -0.170. The van der Waals surface area contributed by atoms with Crippen LogP contribution in [0.1, 0.15) is 24.5 Å². The molecule has 0 fully saturated rings. The van der Waals surface area contributed by atoms with E-state index in [9.17, 15) is 9.59 Å². The lowest BCUT2D eigenvalue weighted by Gasteiger charge is -2.24. The summed E-state index contributed by atoms with van der Waals surface area (Å²) in [5.41, 5.74) is 2.90. The van der Waals surface area contributed by atoms with Gasteiger partial charge in [0.2, 0.25) is 11.8 Å². The third-order valence-electron chi connectivity index (χ3n) is 4.61. The molecule has 0 aliphatic heterocycles. The van der Waals surface area contributed by atoms with Crippen LogP contribution in [0, 0.1) is 6.92 Å². The molecule has 6 heteroatoms. The van der Waals surface area contributed by atoms with Gasteiger partial charge < -0.3 is 15.0 Å². The molecule has 156 valence electrons. The number of anilines is 1. The normalized spacial score (nSPS) is 10.7. The maximum atomic E-state index is 12.7. The van der Waals surface area contributed by atoms with E-state index in [1.54, 1.807) is 31.2 Å². The SMILES string of the molecule is CCCN(CC(=O)Nc1ccccc1OC)CC(=O)N(C)Cc1ccc(C)cc1. The topological polar surface area (TPSA) is 61.9 Å². The van der Waals surface area contributed by atoms with Gasteiger partial charge in [0, 0.05) is 13.6 Å². The van der Waals surface area contributed by atoms with Gasteiger partial charge in [-0.3, -0.25) is 14.5 Å². The first-order chi connectivity index (χ1) is 13.9. The number of hydrogen-bond donors (Lipinski definition) is 1. The molecule has 29 heavy (non-hydrogen) atoms. The van der Waals surface area contributed by atoms with Crippen molar-refractivity contribution in [1.82, 2.24) is 9.80 Å². The van der Waals surface area contributed by atoms with E-state index in [0.717, 1.165) is 12.0 Å². The van der Waals surface area contributed by atoms with Gasteiger partial charge in [0.25, 0.3) is 0 Å². The number of rotatable bonds is 10. The van der Waals surface area contributed by atoms with E-state index in [-0.39, 0.29) is 24.9 Å². The molecular weight excluding hydrogens is 366 g/mol. The van der Waals surface area contributed by atoms with Crippen LogP contribution in [0.3, 0.4) is 0 Å². The molecular formula is C23H31N3O3. The molecule has 0 heterocycles. The van der Waals surface area contributed by atoms with Crippen LogP contribution in [0.2, 0.25) is 0 Å². The molecule has 6 nitrogen and oxygen atoms in total. The van der Waals surface area contributed by atoms with Crippen molar-refractivity contribution in [2.75, 3.05) is 39.1 Å². The Kier molecular flexibility index (Phi) is 8.68. The largest absolute Gasteiger partial charge is 0.495 e. The van der Waals surface area contributed by atoms with Crippen LogP contribution in [-0.2, 0) is 16.1 Å². The highest BCUT2D eigenvalue weighted by molar-refractivity contribution is 5.94. The van der Waals surface area contributed by atoms with Crippen molar-refractivity contribution in [3.05, 3.63) is 59.7 Å². The molecule has 0 atom stereocenters. The van der Waals surface area contributed by atoms with Gasteiger partial charge >= 0.3 is 0 Å². The number of benzene rings is 2. The Morgan fingerprint density at radius 3 is 2.38 bits per heavy atom. The molecule has 0 aliphatic rings. The smallest absolute Gasteiger partial charge is 0.238 e. The van der Waals surface area contributed by atoms with Crippen LogP contribution >= 0.6 is 0 Å². The molecule has 2 rings (SSSR count). The first-order valence-electron chi connectivity index (χ1n) is 9.87. The first kappa shape index (κ1) is 22.4. The van der Waals surface area contributed by atoms with Crippen molar-refractivity contribution in [3.63, 3.8) is 0 Å². The maximum Gasteiger partial charge on any atom is 0.238 e. The summed E-state index contributed by atoms with van der Waals surface area (Å²) in [6.07, 6.45) is 0.858. The van der Waals surface area contributed by atoms with Crippen molar-refractivity contribution in [1.29, 1.82) is 0 Å². The number of amides is 2. The zero-order chi connectivity index (χ0) is 21.2. The van der Waals surface area contributed by atoms with E-state index < -0.39 is 0 Å². The van der Waals surface area contributed by atoms with Crippen LogP contribution in [0.15, 0.2) is 48.5 Å². The van der Waals surface area contributed by atoms with E-state index in [4.69, 9.17) is 4.74 Å². The molecule has 0 saturated heterocycles. The second kappa shape index (κ2) is 11.2. The third kappa shape index (κ3) is 7.23. The third-order valence-corrected chi connectivity index (χ3v) is 4.61. The summed E-state index contributed by atoms with van der Waals surface area (Å²) in [4.78, 5) is 28.8. The number of methoxy groups -OCH3 is 1. The summed E-state index contributed by atoms with van der Waals surface area (Å²) in [6.45, 7) is 5.64.